The lowest BCUT2D eigenvalue weighted by molar-refractivity contribution is -0.119. The molecule has 0 radical (unpaired) electrons. The Morgan fingerprint density at radius 2 is 1.95 bits per heavy atom. The second-order valence-electron chi connectivity index (χ2n) is 4.24. The Kier molecular flexibility index (Phi) is 4.90. The van der Waals surface area contributed by atoms with Crippen molar-refractivity contribution >= 4 is 21.6 Å². The zero-order chi connectivity index (χ0) is 14.6. The molecule has 0 aromatic heterocycles. The third kappa shape index (κ3) is 3.68. The Hall–Kier alpha value is -1.60. The highest BCUT2D eigenvalue weighted by Crippen LogP contribution is 2.21. The summed E-state index contributed by atoms with van der Waals surface area (Å²) in [6.45, 7) is 5.03. The van der Waals surface area contributed by atoms with Gasteiger partial charge in [-0.2, -0.15) is 0 Å². The summed E-state index contributed by atoms with van der Waals surface area (Å²) in [7, 11) is -3.53. The lowest BCUT2D eigenvalue weighted by Crippen LogP contribution is -2.43. The van der Waals surface area contributed by atoms with Crippen LogP contribution in [0.5, 0.6) is 0 Å². The van der Waals surface area contributed by atoms with Crippen molar-refractivity contribution in [2.45, 2.75) is 20.8 Å². The number of anilines is 1. The van der Waals surface area contributed by atoms with E-state index >= 15 is 0 Å². The van der Waals surface area contributed by atoms with Crippen molar-refractivity contribution in [3.8, 4) is 0 Å². The number of nitrogens with zero attached hydrogens (tertiary/aromatic N) is 1. The number of benzene rings is 1. The molecule has 0 atom stereocenters. The predicted molar refractivity (Wildman–Crippen MR) is 75.1 cm³/mol. The van der Waals surface area contributed by atoms with Crippen LogP contribution in [0, 0.1) is 13.8 Å². The first kappa shape index (κ1) is 15.5. The van der Waals surface area contributed by atoms with Crippen molar-refractivity contribution in [1.82, 2.24) is 5.43 Å². The second-order valence-corrected chi connectivity index (χ2v) is 6.43. The second kappa shape index (κ2) is 6.03. The highest BCUT2D eigenvalue weighted by Gasteiger charge is 2.23. The minimum atomic E-state index is -3.53. The smallest absolute Gasteiger partial charge is 0.254 e. The Balaban J connectivity index is 3.23. The molecule has 0 heterocycles. The number of nitrogens with one attached hydrogen (secondary N) is 1. The molecule has 106 valence electrons. The van der Waals surface area contributed by atoms with Crippen molar-refractivity contribution in [3.63, 3.8) is 0 Å². The molecule has 0 spiro atoms. The number of hydrazine groups is 1. The van der Waals surface area contributed by atoms with Gasteiger partial charge in [0.2, 0.25) is 10.0 Å². The molecule has 0 bridgehead atoms. The van der Waals surface area contributed by atoms with Gasteiger partial charge in [0.25, 0.3) is 5.91 Å². The van der Waals surface area contributed by atoms with Crippen LogP contribution in [0.25, 0.3) is 0 Å². The average molecular weight is 285 g/mol. The summed E-state index contributed by atoms with van der Waals surface area (Å²) in [6.07, 6.45) is 0. The van der Waals surface area contributed by atoms with Crippen LogP contribution in [-0.2, 0) is 14.8 Å². The molecule has 0 saturated carbocycles. The van der Waals surface area contributed by atoms with Crippen molar-refractivity contribution in [1.29, 1.82) is 0 Å². The molecule has 1 amide bonds. The summed E-state index contributed by atoms with van der Waals surface area (Å²) in [5.41, 5.74) is 4.43. The minimum Gasteiger partial charge on any atom is -0.293 e. The van der Waals surface area contributed by atoms with E-state index in [0.29, 0.717) is 5.69 Å². The Bertz CT molecular complexity index is 570. The summed E-state index contributed by atoms with van der Waals surface area (Å²) >= 11 is 0. The van der Waals surface area contributed by atoms with Crippen LogP contribution in [0.3, 0.4) is 0 Å². The predicted octanol–water partition coefficient (Wildman–Crippen LogP) is 0.449. The maximum atomic E-state index is 12.1. The molecule has 0 aliphatic heterocycles. The molecule has 6 nitrogen and oxygen atoms in total. The lowest BCUT2D eigenvalue weighted by atomic mass is 10.1. The number of nitrogens with two attached hydrogens (primary N) is 1. The number of rotatable bonds is 5. The fourth-order valence-corrected chi connectivity index (χ4v) is 2.62. The fraction of sp³-hybridized carbons (Fsp3) is 0.417. The summed E-state index contributed by atoms with van der Waals surface area (Å²) < 4.78 is 25.2. The van der Waals surface area contributed by atoms with Crippen LogP contribution >= 0.6 is 0 Å². The van der Waals surface area contributed by atoms with Gasteiger partial charge in [0.1, 0.15) is 6.54 Å². The first-order valence-electron chi connectivity index (χ1n) is 5.89. The number of carbonyl (C=O) groups is 1. The molecule has 3 N–H and O–H groups in total. The van der Waals surface area contributed by atoms with E-state index in [4.69, 9.17) is 5.84 Å². The maximum Gasteiger partial charge on any atom is 0.254 e. The number of carbonyl (C=O) groups excluding carboxylic acids is 1. The molecule has 1 aromatic carbocycles. The SMILES string of the molecule is CCS(=O)(=O)N(CC(=O)NN)c1ccc(C)c(C)c1. The van der Waals surface area contributed by atoms with Gasteiger partial charge < -0.3 is 0 Å². The van der Waals surface area contributed by atoms with E-state index in [1.807, 2.05) is 25.3 Å². The molecule has 0 saturated heterocycles. The fourth-order valence-electron chi connectivity index (χ4n) is 1.56. The van der Waals surface area contributed by atoms with E-state index in [1.165, 1.54) is 6.92 Å². The number of aryl methyl sites for hydroxylation is 2. The molecule has 0 aliphatic carbocycles. The number of sulfonamides is 1. The van der Waals surface area contributed by atoms with Crippen molar-refractivity contribution in [2.24, 2.45) is 5.84 Å². The summed E-state index contributed by atoms with van der Waals surface area (Å²) in [5, 5.41) is 0. The average Bonchev–Trinajstić information content (AvgIpc) is 2.38. The molecule has 0 fully saturated rings. The third-order valence-corrected chi connectivity index (χ3v) is 4.67. The highest BCUT2D eigenvalue weighted by molar-refractivity contribution is 7.92. The van der Waals surface area contributed by atoms with Gasteiger partial charge in [-0.3, -0.25) is 14.5 Å². The van der Waals surface area contributed by atoms with Gasteiger partial charge in [-0.15, -0.1) is 0 Å². The molecule has 1 aromatic rings. The van der Waals surface area contributed by atoms with Gasteiger partial charge in [0.15, 0.2) is 0 Å². The molecule has 19 heavy (non-hydrogen) atoms. The monoisotopic (exact) mass is 285 g/mol. The van der Waals surface area contributed by atoms with Crippen LogP contribution in [0.1, 0.15) is 18.1 Å². The van der Waals surface area contributed by atoms with E-state index in [1.54, 1.807) is 12.1 Å². The van der Waals surface area contributed by atoms with Crippen LogP contribution in [0.15, 0.2) is 18.2 Å². The van der Waals surface area contributed by atoms with Crippen molar-refractivity contribution in [2.75, 3.05) is 16.6 Å². The number of hydrogen-bond donors (Lipinski definition) is 2. The largest absolute Gasteiger partial charge is 0.293 e. The normalized spacial score (nSPS) is 11.2. The van der Waals surface area contributed by atoms with Gasteiger partial charge in [0.05, 0.1) is 11.4 Å². The minimum absolute atomic E-state index is 0.0855. The standard InChI is InChI=1S/C12H19N3O3S/c1-4-19(17,18)15(8-12(16)14-13)11-6-5-9(2)10(3)7-11/h5-7H,4,8,13H2,1-3H3,(H,14,16). The highest BCUT2D eigenvalue weighted by atomic mass is 32.2. The van der Waals surface area contributed by atoms with Gasteiger partial charge in [0, 0.05) is 0 Å². The van der Waals surface area contributed by atoms with E-state index in [-0.39, 0.29) is 12.3 Å². The van der Waals surface area contributed by atoms with Crippen LogP contribution in [0.4, 0.5) is 5.69 Å². The third-order valence-electron chi connectivity index (χ3n) is 2.93. The Morgan fingerprint density at radius 1 is 1.32 bits per heavy atom. The van der Waals surface area contributed by atoms with E-state index < -0.39 is 15.9 Å². The molecular weight excluding hydrogens is 266 g/mol. The van der Waals surface area contributed by atoms with Crippen LogP contribution in [0.2, 0.25) is 0 Å². The summed E-state index contributed by atoms with van der Waals surface area (Å²) in [4.78, 5) is 11.4. The summed E-state index contributed by atoms with van der Waals surface area (Å²) in [6, 6.07) is 5.24. The Labute approximate surface area is 113 Å². The number of hydrogen-bond acceptors (Lipinski definition) is 4. The van der Waals surface area contributed by atoms with E-state index in [9.17, 15) is 13.2 Å². The van der Waals surface area contributed by atoms with E-state index in [0.717, 1.165) is 15.4 Å². The van der Waals surface area contributed by atoms with Crippen LogP contribution in [-0.4, -0.2) is 26.6 Å². The quantitative estimate of drug-likeness (QED) is 0.467. The van der Waals surface area contributed by atoms with Crippen molar-refractivity contribution < 1.29 is 13.2 Å². The van der Waals surface area contributed by atoms with Gasteiger partial charge in [-0.1, -0.05) is 6.07 Å². The summed E-state index contributed by atoms with van der Waals surface area (Å²) in [5.74, 6) is 4.37. The molecule has 1 rings (SSSR count). The van der Waals surface area contributed by atoms with Gasteiger partial charge >= 0.3 is 0 Å². The first-order valence-corrected chi connectivity index (χ1v) is 7.50. The zero-order valence-electron chi connectivity index (χ0n) is 11.3. The maximum absolute atomic E-state index is 12.1. The molecule has 7 heteroatoms. The van der Waals surface area contributed by atoms with E-state index in [2.05, 4.69) is 0 Å². The molecular formula is C12H19N3O3S. The van der Waals surface area contributed by atoms with Gasteiger partial charge in [-0.05, 0) is 44.0 Å². The van der Waals surface area contributed by atoms with Gasteiger partial charge in [-0.25, -0.2) is 14.3 Å². The molecule has 0 aliphatic rings. The first-order chi connectivity index (χ1) is 8.81. The van der Waals surface area contributed by atoms with Crippen LogP contribution < -0.4 is 15.6 Å². The lowest BCUT2D eigenvalue weighted by Gasteiger charge is -2.23. The Morgan fingerprint density at radius 3 is 2.42 bits per heavy atom. The van der Waals surface area contributed by atoms with Crippen molar-refractivity contribution in [3.05, 3.63) is 29.3 Å². The zero-order valence-corrected chi connectivity index (χ0v) is 12.1. The number of amides is 1. The molecule has 0 unspecified atom stereocenters. The topological polar surface area (TPSA) is 92.5 Å².